The number of methoxy groups -OCH3 is 1. The molecule has 0 heterocycles. The number of aliphatic imine (C=N–C) groups is 1. The first-order valence-electron chi connectivity index (χ1n) is 8.17. The SMILES string of the molecule is CN=C(NCCCOc1ccc(F)cc1)NCc1ccccc1OC.I. The van der Waals surface area contributed by atoms with E-state index in [0.717, 1.165) is 17.7 Å². The minimum atomic E-state index is -0.265. The fourth-order valence-corrected chi connectivity index (χ4v) is 2.25. The van der Waals surface area contributed by atoms with Crippen LogP contribution in [0.3, 0.4) is 0 Å². The Morgan fingerprint density at radius 1 is 1.08 bits per heavy atom. The van der Waals surface area contributed by atoms with E-state index >= 15 is 0 Å². The Labute approximate surface area is 171 Å². The highest BCUT2D eigenvalue weighted by molar-refractivity contribution is 14.0. The standard InChI is InChI=1S/C19H24FN3O2.HI/c1-21-19(23-14-15-6-3-4-7-18(15)24-2)22-12-5-13-25-17-10-8-16(20)9-11-17;/h3-4,6-11H,5,12-14H2,1-2H3,(H2,21,22,23);1H. The molecule has 7 heteroatoms. The van der Waals surface area contributed by atoms with Crippen LogP contribution < -0.4 is 20.1 Å². The molecule has 0 fully saturated rings. The van der Waals surface area contributed by atoms with E-state index in [9.17, 15) is 4.39 Å². The number of hydrogen-bond acceptors (Lipinski definition) is 3. The van der Waals surface area contributed by atoms with Crippen LogP contribution in [0.5, 0.6) is 11.5 Å². The third-order valence-electron chi connectivity index (χ3n) is 3.56. The van der Waals surface area contributed by atoms with Crippen LogP contribution in [0.1, 0.15) is 12.0 Å². The van der Waals surface area contributed by atoms with Crippen molar-refractivity contribution in [2.75, 3.05) is 27.3 Å². The molecule has 0 aliphatic rings. The maximum Gasteiger partial charge on any atom is 0.191 e. The molecule has 26 heavy (non-hydrogen) atoms. The summed E-state index contributed by atoms with van der Waals surface area (Å²) in [4.78, 5) is 4.20. The van der Waals surface area contributed by atoms with Crippen LogP contribution in [-0.2, 0) is 6.54 Å². The molecule has 2 N–H and O–H groups in total. The lowest BCUT2D eigenvalue weighted by Crippen LogP contribution is -2.37. The number of halogens is 2. The summed E-state index contributed by atoms with van der Waals surface area (Å²) in [5.41, 5.74) is 1.06. The lowest BCUT2D eigenvalue weighted by molar-refractivity contribution is 0.310. The van der Waals surface area contributed by atoms with Crippen LogP contribution in [0.2, 0.25) is 0 Å². The maximum atomic E-state index is 12.8. The van der Waals surface area contributed by atoms with E-state index < -0.39 is 0 Å². The number of hydrogen-bond donors (Lipinski definition) is 2. The van der Waals surface area contributed by atoms with Crippen molar-refractivity contribution in [1.82, 2.24) is 10.6 Å². The van der Waals surface area contributed by atoms with E-state index in [1.807, 2.05) is 24.3 Å². The van der Waals surface area contributed by atoms with Gasteiger partial charge >= 0.3 is 0 Å². The van der Waals surface area contributed by atoms with Gasteiger partial charge in [0.2, 0.25) is 0 Å². The molecular formula is C19H25FIN3O2. The second kappa shape index (κ2) is 12.3. The van der Waals surface area contributed by atoms with Crippen LogP contribution >= 0.6 is 24.0 Å². The zero-order chi connectivity index (χ0) is 17.9. The number of para-hydroxylation sites is 1. The maximum absolute atomic E-state index is 12.8. The van der Waals surface area contributed by atoms with Gasteiger partial charge < -0.3 is 20.1 Å². The highest BCUT2D eigenvalue weighted by Crippen LogP contribution is 2.16. The van der Waals surface area contributed by atoms with Crippen LogP contribution in [0.15, 0.2) is 53.5 Å². The second-order valence-electron chi connectivity index (χ2n) is 5.32. The van der Waals surface area contributed by atoms with Gasteiger partial charge in [0.15, 0.2) is 5.96 Å². The Morgan fingerprint density at radius 3 is 2.50 bits per heavy atom. The highest BCUT2D eigenvalue weighted by atomic mass is 127. The summed E-state index contributed by atoms with van der Waals surface area (Å²) in [7, 11) is 3.39. The van der Waals surface area contributed by atoms with Gasteiger partial charge in [-0.15, -0.1) is 24.0 Å². The van der Waals surface area contributed by atoms with Gasteiger partial charge in [-0.25, -0.2) is 4.39 Å². The lowest BCUT2D eigenvalue weighted by atomic mass is 10.2. The van der Waals surface area contributed by atoms with Gasteiger partial charge in [0.05, 0.1) is 13.7 Å². The fraction of sp³-hybridized carbons (Fsp3) is 0.316. The predicted octanol–water partition coefficient (Wildman–Crippen LogP) is 3.59. The third kappa shape index (κ3) is 7.47. The lowest BCUT2D eigenvalue weighted by Gasteiger charge is -2.14. The Balaban J connectivity index is 0.00000338. The zero-order valence-electron chi connectivity index (χ0n) is 15.0. The minimum Gasteiger partial charge on any atom is -0.496 e. The van der Waals surface area contributed by atoms with Gasteiger partial charge in [0.25, 0.3) is 0 Å². The van der Waals surface area contributed by atoms with Crippen molar-refractivity contribution in [3.05, 3.63) is 59.9 Å². The highest BCUT2D eigenvalue weighted by Gasteiger charge is 2.03. The molecule has 0 amide bonds. The van der Waals surface area contributed by atoms with Crippen molar-refractivity contribution in [1.29, 1.82) is 0 Å². The Bertz CT molecular complexity index is 681. The monoisotopic (exact) mass is 473 g/mol. The van der Waals surface area contributed by atoms with Crippen LogP contribution in [0, 0.1) is 5.82 Å². The van der Waals surface area contributed by atoms with Gasteiger partial charge in [-0.1, -0.05) is 18.2 Å². The summed E-state index contributed by atoms with van der Waals surface area (Å²) in [5, 5.41) is 6.48. The molecule has 0 bridgehead atoms. The zero-order valence-corrected chi connectivity index (χ0v) is 17.3. The van der Waals surface area contributed by atoms with Crippen LogP contribution in [-0.4, -0.2) is 33.3 Å². The summed E-state index contributed by atoms with van der Waals surface area (Å²) in [6, 6.07) is 13.9. The molecule has 2 aromatic rings. The van der Waals surface area contributed by atoms with Crippen molar-refractivity contribution < 1.29 is 13.9 Å². The summed E-state index contributed by atoms with van der Waals surface area (Å²) in [5.74, 6) is 1.96. The van der Waals surface area contributed by atoms with Crippen molar-refractivity contribution in [2.24, 2.45) is 4.99 Å². The number of ether oxygens (including phenoxy) is 2. The average molecular weight is 473 g/mol. The normalized spacial score (nSPS) is 10.7. The van der Waals surface area contributed by atoms with E-state index in [0.29, 0.717) is 31.4 Å². The molecule has 2 rings (SSSR count). The molecule has 0 radical (unpaired) electrons. The van der Waals surface area contributed by atoms with E-state index in [1.165, 1.54) is 12.1 Å². The van der Waals surface area contributed by atoms with E-state index in [4.69, 9.17) is 9.47 Å². The largest absolute Gasteiger partial charge is 0.496 e. The van der Waals surface area contributed by atoms with Gasteiger partial charge in [0.1, 0.15) is 17.3 Å². The van der Waals surface area contributed by atoms with E-state index in [2.05, 4.69) is 15.6 Å². The predicted molar refractivity (Wildman–Crippen MR) is 113 cm³/mol. The summed E-state index contributed by atoms with van der Waals surface area (Å²) in [6.45, 7) is 1.88. The number of guanidine groups is 1. The Morgan fingerprint density at radius 2 is 1.81 bits per heavy atom. The molecule has 0 saturated carbocycles. The first kappa shape index (κ1) is 22.0. The van der Waals surface area contributed by atoms with Crippen molar-refractivity contribution in [3.63, 3.8) is 0 Å². The topological polar surface area (TPSA) is 54.9 Å². The smallest absolute Gasteiger partial charge is 0.191 e. The molecule has 5 nitrogen and oxygen atoms in total. The Hall–Kier alpha value is -2.03. The van der Waals surface area contributed by atoms with Crippen molar-refractivity contribution in [3.8, 4) is 11.5 Å². The first-order chi connectivity index (χ1) is 12.2. The van der Waals surface area contributed by atoms with Crippen LogP contribution in [0.4, 0.5) is 4.39 Å². The van der Waals surface area contributed by atoms with Crippen molar-refractivity contribution >= 4 is 29.9 Å². The molecule has 0 aliphatic carbocycles. The van der Waals surface area contributed by atoms with Gasteiger partial charge in [-0.3, -0.25) is 4.99 Å². The number of nitrogens with one attached hydrogen (secondary N) is 2. The number of benzene rings is 2. The quantitative estimate of drug-likeness (QED) is 0.267. The summed E-state index contributed by atoms with van der Waals surface area (Å²) < 4.78 is 23.7. The van der Waals surface area contributed by atoms with Crippen molar-refractivity contribution in [2.45, 2.75) is 13.0 Å². The molecule has 0 aromatic heterocycles. The molecule has 2 aromatic carbocycles. The molecule has 0 unspecified atom stereocenters. The van der Waals surface area contributed by atoms with E-state index in [-0.39, 0.29) is 29.8 Å². The minimum absolute atomic E-state index is 0. The molecule has 0 saturated heterocycles. The number of nitrogens with zero attached hydrogens (tertiary/aromatic N) is 1. The van der Waals surface area contributed by atoms with Gasteiger partial charge in [0, 0.05) is 25.7 Å². The van der Waals surface area contributed by atoms with E-state index in [1.54, 1.807) is 26.3 Å². The summed E-state index contributed by atoms with van der Waals surface area (Å²) >= 11 is 0. The molecule has 142 valence electrons. The molecule has 0 atom stereocenters. The fourth-order valence-electron chi connectivity index (χ4n) is 2.25. The first-order valence-corrected chi connectivity index (χ1v) is 8.17. The Kier molecular flexibility index (Phi) is 10.5. The van der Waals surface area contributed by atoms with Gasteiger partial charge in [-0.05, 0) is 36.8 Å². The number of rotatable bonds is 8. The molecule has 0 spiro atoms. The van der Waals surface area contributed by atoms with Gasteiger partial charge in [-0.2, -0.15) is 0 Å². The average Bonchev–Trinajstić information content (AvgIpc) is 2.65. The molecule has 0 aliphatic heterocycles. The third-order valence-corrected chi connectivity index (χ3v) is 3.56. The molecular weight excluding hydrogens is 448 g/mol. The van der Waals surface area contributed by atoms with Crippen LogP contribution in [0.25, 0.3) is 0 Å². The second-order valence-corrected chi connectivity index (χ2v) is 5.32. The summed E-state index contributed by atoms with van der Waals surface area (Å²) in [6.07, 6.45) is 0.798.